The summed E-state index contributed by atoms with van der Waals surface area (Å²) in [5.74, 6) is -2.85. The summed E-state index contributed by atoms with van der Waals surface area (Å²) in [4.78, 5) is 2.92. The minimum absolute atomic E-state index is 0.162. The molecule has 2 aromatic rings. The molecule has 19 heavy (non-hydrogen) atoms. The number of rotatable bonds is 2. The van der Waals surface area contributed by atoms with Crippen LogP contribution in [0.5, 0.6) is 5.75 Å². The Morgan fingerprint density at radius 2 is 1.58 bits per heavy atom. The third-order valence-corrected chi connectivity index (χ3v) is 2.22. The number of benzene rings is 1. The average Bonchev–Trinajstić information content (AvgIpc) is 2.28. The second-order valence-electron chi connectivity index (χ2n) is 3.52. The molecular weight excluding hydrogens is 269 g/mol. The Balaban J connectivity index is 2.50. The van der Waals surface area contributed by atoms with E-state index in [2.05, 4.69) is 9.72 Å². The molecule has 1 aromatic carbocycles. The number of alkyl halides is 3. The van der Waals surface area contributed by atoms with Crippen LogP contribution in [0.15, 0.2) is 36.4 Å². The van der Waals surface area contributed by atoms with Gasteiger partial charge in [0.05, 0.1) is 0 Å². The van der Waals surface area contributed by atoms with Gasteiger partial charge in [0.15, 0.2) is 0 Å². The predicted octanol–water partition coefficient (Wildman–Crippen LogP) is 3.93. The molecule has 0 aliphatic heterocycles. The minimum atomic E-state index is -4.90. The van der Waals surface area contributed by atoms with Crippen LogP contribution < -0.4 is 4.74 Å². The van der Waals surface area contributed by atoms with Gasteiger partial charge in [0, 0.05) is 11.1 Å². The lowest BCUT2D eigenvalue weighted by Gasteiger charge is -2.13. The molecule has 1 aromatic heterocycles. The van der Waals surface area contributed by atoms with Crippen molar-refractivity contribution in [3.8, 4) is 16.9 Å². The molecule has 100 valence electrons. The van der Waals surface area contributed by atoms with E-state index in [0.29, 0.717) is 0 Å². The first kappa shape index (κ1) is 13.3. The summed E-state index contributed by atoms with van der Waals surface area (Å²) in [7, 11) is 0. The number of para-hydroxylation sites is 1. The molecule has 2 rings (SSSR count). The number of nitrogens with zero attached hydrogens (tertiary/aromatic N) is 1. The third kappa shape index (κ3) is 3.18. The highest BCUT2D eigenvalue weighted by Crippen LogP contribution is 2.34. The van der Waals surface area contributed by atoms with Crippen LogP contribution in [0, 0.1) is 11.9 Å². The van der Waals surface area contributed by atoms with Crippen molar-refractivity contribution in [2.45, 2.75) is 6.36 Å². The number of hydrogen-bond donors (Lipinski definition) is 0. The van der Waals surface area contributed by atoms with E-state index in [0.717, 1.165) is 18.2 Å². The van der Waals surface area contributed by atoms with Crippen molar-refractivity contribution in [1.29, 1.82) is 0 Å². The summed E-state index contributed by atoms with van der Waals surface area (Å²) in [5.41, 5.74) is -0.439. The number of aromatic nitrogens is 1. The van der Waals surface area contributed by atoms with Gasteiger partial charge in [0.25, 0.3) is 0 Å². The van der Waals surface area contributed by atoms with Crippen molar-refractivity contribution in [2.24, 2.45) is 0 Å². The van der Waals surface area contributed by atoms with Gasteiger partial charge >= 0.3 is 6.36 Å². The average molecular weight is 275 g/mol. The van der Waals surface area contributed by atoms with Gasteiger partial charge in [-0.3, -0.25) is 0 Å². The Morgan fingerprint density at radius 1 is 0.895 bits per heavy atom. The van der Waals surface area contributed by atoms with Crippen molar-refractivity contribution < 1.29 is 26.7 Å². The molecule has 0 amide bonds. The van der Waals surface area contributed by atoms with Crippen LogP contribution in [-0.4, -0.2) is 11.3 Å². The Labute approximate surface area is 104 Å². The van der Waals surface area contributed by atoms with Crippen LogP contribution >= 0.6 is 0 Å². The summed E-state index contributed by atoms with van der Waals surface area (Å²) in [6.07, 6.45) is -4.90. The van der Waals surface area contributed by atoms with Crippen molar-refractivity contribution in [3.63, 3.8) is 0 Å². The molecule has 0 atom stereocenters. The van der Waals surface area contributed by atoms with Gasteiger partial charge < -0.3 is 4.74 Å². The number of hydrogen-bond acceptors (Lipinski definition) is 2. The van der Waals surface area contributed by atoms with Crippen LogP contribution in [-0.2, 0) is 0 Å². The molecule has 0 unspecified atom stereocenters. The Kier molecular flexibility index (Phi) is 3.37. The fraction of sp³-hybridized carbons (Fsp3) is 0.0833. The van der Waals surface area contributed by atoms with Crippen molar-refractivity contribution in [1.82, 2.24) is 4.98 Å². The number of pyridine rings is 1. The number of ether oxygens (including phenoxy) is 1. The maximum Gasteiger partial charge on any atom is 0.573 e. The van der Waals surface area contributed by atoms with Gasteiger partial charge in [-0.2, -0.15) is 13.8 Å². The first-order chi connectivity index (χ1) is 8.87. The zero-order valence-corrected chi connectivity index (χ0v) is 9.21. The van der Waals surface area contributed by atoms with E-state index in [1.54, 1.807) is 0 Å². The molecule has 0 radical (unpaired) electrons. The highest BCUT2D eigenvalue weighted by Gasteiger charge is 2.32. The fourth-order valence-electron chi connectivity index (χ4n) is 1.52. The molecule has 0 aliphatic rings. The summed E-state index contributed by atoms with van der Waals surface area (Å²) in [5, 5.41) is 0. The van der Waals surface area contributed by atoms with E-state index in [1.165, 1.54) is 18.2 Å². The molecular formula is C12H6F5NO. The maximum atomic E-state index is 13.5. The summed E-state index contributed by atoms with van der Waals surface area (Å²) >= 11 is 0. The fourth-order valence-corrected chi connectivity index (χ4v) is 1.52. The molecule has 0 spiro atoms. The van der Waals surface area contributed by atoms with Gasteiger partial charge in [0.2, 0.25) is 11.9 Å². The topological polar surface area (TPSA) is 22.1 Å². The van der Waals surface area contributed by atoms with Crippen molar-refractivity contribution in [3.05, 3.63) is 48.3 Å². The summed E-state index contributed by atoms with van der Waals surface area (Å²) in [6, 6.07) is 6.81. The smallest absolute Gasteiger partial charge is 0.405 e. The molecule has 0 N–H and O–H groups in total. The van der Waals surface area contributed by atoms with Crippen LogP contribution in [0.1, 0.15) is 0 Å². The van der Waals surface area contributed by atoms with Gasteiger partial charge in [0.1, 0.15) is 5.75 Å². The molecule has 0 fully saturated rings. The van der Waals surface area contributed by atoms with Gasteiger partial charge in [-0.1, -0.05) is 18.2 Å². The normalized spacial score (nSPS) is 11.4. The van der Waals surface area contributed by atoms with E-state index in [-0.39, 0.29) is 11.1 Å². The number of halogens is 5. The molecule has 0 saturated heterocycles. The summed E-state index contributed by atoms with van der Waals surface area (Å²) in [6.45, 7) is 0. The van der Waals surface area contributed by atoms with Crippen molar-refractivity contribution in [2.75, 3.05) is 0 Å². The molecule has 0 bridgehead atoms. The zero-order valence-electron chi connectivity index (χ0n) is 9.21. The van der Waals surface area contributed by atoms with Crippen LogP contribution in [0.4, 0.5) is 22.0 Å². The molecule has 2 nitrogen and oxygen atoms in total. The van der Waals surface area contributed by atoms with Crippen LogP contribution in [0.25, 0.3) is 11.1 Å². The van der Waals surface area contributed by atoms with E-state index in [9.17, 15) is 22.0 Å². The molecule has 1 heterocycles. The predicted molar refractivity (Wildman–Crippen MR) is 56.3 cm³/mol. The zero-order chi connectivity index (χ0) is 14.0. The quantitative estimate of drug-likeness (QED) is 0.612. The lowest BCUT2D eigenvalue weighted by Crippen LogP contribution is -2.17. The maximum absolute atomic E-state index is 13.5. The lowest BCUT2D eigenvalue weighted by molar-refractivity contribution is -0.274. The highest BCUT2D eigenvalue weighted by atomic mass is 19.4. The van der Waals surface area contributed by atoms with E-state index in [4.69, 9.17) is 0 Å². The molecule has 0 saturated carbocycles. The second kappa shape index (κ2) is 4.83. The summed E-state index contributed by atoms with van der Waals surface area (Å²) < 4.78 is 66.5. The molecule has 0 aliphatic carbocycles. The van der Waals surface area contributed by atoms with Crippen LogP contribution in [0.2, 0.25) is 0 Å². The Bertz CT molecular complexity index is 597. The molecule has 7 heteroatoms. The third-order valence-electron chi connectivity index (χ3n) is 2.22. The first-order valence-corrected chi connectivity index (χ1v) is 5.04. The SMILES string of the molecule is Fc1ccc(-c2ccccc2OC(F)(F)F)c(F)n1. The second-order valence-corrected chi connectivity index (χ2v) is 3.52. The van der Waals surface area contributed by atoms with Gasteiger partial charge in [-0.25, -0.2) is 0 Å². The van der Waals surface area contributed by atoms with E-state index >= 15 is 0 Å². The highest BCUT2D eigenvalue weighted by molar-refractivity contribution is 5.70. The Morgan fingerprint density at radius 3 is 2.21 bits per heavy atom. The largest absolute Gasteiger partial charge is 0.573 e. The monoisotopic (exact) mass is 275 g/mol. The Hall–Kier alpha value is -2.18. The minimum Gasteiger partial charge on any atom is -0.405 e. The standard InChI is InChI=1S/C12H6F5NO/c13-10-6-5-8(11(14)18-10)7-3-1-2-4-9(7)19-12(15,16)17/h1-6H. The first-order valence-electron chi connectivity index (χ1n) is 5.04. The van der Waals surface area contributed by atoms with Gasteiger partial charge in [-0.15, -0.1) is 13.2 Å². The lowest BCUT2D eigenvalue weighted by atomic mass is 10.1. The van der Waals surface area contributed by atoms with Gasteiger partial charge in [-0.05, 0) is 18.2 Å². The van der Waals surface area contributed by atoms with E-state index in [1.807, 2.05) is 0 Å². The van der Waals surface area contributed by atoms with Crippen molar-refractivity contribution >= 4 is 0 Å². The van der Waals surface area contributed by atoms with E-state index < -0.39 is 24.0 Å². The van der Waals surface area contributed by atoms with Crippen LogP contribution in [0.3, 0.4) is 0 Å².